The molecule has 114 valence electrons. The second-order valence-corrected chi connectivity index (χ2v) is 6.29. The number of hydrogen-bond acceptors (Lipinski definition) is 4. The molecule has 2 aromatic rings. The number of carboxylic acids is 1. The summed E-state index contributed by atoms with van der Waals surface area (Å²) in [6, 6.07) is 9.84. The van der Waals surface area contributed by atoms with Gasteiger partial charge in [0.25, 0.3) is 0 Å². The molecule has 3 rings (SSSR count). The fourth-order valence-electron chi connectivity index (χ4n) is 2.57. The van der Waals surface area contributed by atoms with Crippen LogP contribution in [0.2, 0.25) is 0 Å². The van der Waals surface area contributed by atoms with Crippen LogP contribution in [0.1, 0.15) is 18.2 Å². The molecule has 1 fully saturated rings. The van der Waals surface area contributed by atoms with Gasteiger partial charge in [-0.25, -0.2) is 4.98 Å². The van der Waals surface area contributed by atoms with Crippen LogP contribution in [0, 0.1) is 5.92 Å². The zero-order chi connectivity index (χ0) is 15.7. The summed E-state index contributed by atoms with van der Waals surface area (Å²) < 4.78 is 0. The summed E-state index contributed by atoms with van der Waals surface area (Å²) >= 11 is 1.47. The molecule has 0 saturated carbocycles. The number of amides is 1. The molecule has 6 heteroatoms. The van der Waals surface area contributed by atoms with Gasteiger partial charge in [-0.15, -0.1) is 11.3 Å². The predicted molar refractivity (Wildman–Crippen MR) is 85.0 cm³/mol. The van der Waals surface area contributed by atoms with Crippen molar-refractivity contribution in [3.05, 3.63) is 35.2 Å². The average Bonchev–Trinajstić information content (AvgIpc) is 3.11. The van der Waals surface area contributed by atoms with Crippen molar-refractivity contribution in [1.82, 2.24) is 4.98 Å². The van der Waals surface area contributed by atoms with Crippen molar-refractivity contribution in [1.29, 1.82) is 0 Å². The second-order valence-electron chi connectivity index (χ2n) is 5.23. The van der Waals surface area contributed by atoms with E-state index in [2.05, 4.69) is 11.9 Å². The van der Waals surface area contributed by atoms with Crippen LogP contribution in [0.25, 0.3) is 11.3 Å². The molecule has 1 atom stereocenters. The highest BCUT2D eigenvalue weighted by Crippen LogP contribution is 2.36. The smallest absolute Gasteiger partial charge is 0.308 e. The molecule has 0 radical (unpaired) electrons. The largest absolute Gasteiger partial charge is 0.481 e. The molecule has 5 nitrogen and oxygen atoms in total. The van der Waals surface area contributed by atoms with Crippen LogP contribution in [-0.2, 0) is 16.0 Å². The number of aryl methyl sites for hydroxylation is 1. The molecular formula is C16H16N2O3S. The monoisotopic (exact) mass is 316 g/mol. The second kappa shape index (κ2) is 5.88. The Hall–Kier alpha value is -2.21. The normalized spacial score (nSPS) is 18.0. The highest BCUT2D eigenvalue weighted by Gasteiger charge is 2.36. The third-order valence-corrected chi connectivity index (χ3v) is 4.98. The number of rotatable bonds is 4. The van der Waals surface area contributed by atoms with Gasteiger partial charge >= 0.3 is 5.97 Å². The van der Waals surface area contributed by atoms with Crippen LogP contribution in [0.3, 0.4) is 0 Å². The van der Waals surface area contributed by atoms with Crippen LogP contribution in [0.5, 0.6) is 0 Å². The summed E-state index contributed by atoms with van der Waals surface area (Å²) in [4.78, 5) is 30.4. The molecule has 22 heavy (non-hydrogen) atoms. The number of carboxylic acid groups (broad SMARTS) is 1. The van der Waals surface area contributed by atoms with Gasteiger partial charge in [-0.1, -0.05) is 37.3 Å². The van der Waals surface area contributed by atoms with Crippen LogP contribution < -0.4 is 4.90 Å². The lowest BCUT2D eigenvalue weighted by Crippen LogP contribution is -2.25. The Bertz CT molecular complexity index is 711. The van der Waals surface area contributed by atoms with E-state index in [1.165, 1.54) is 16.2 Å². The van der Waals surface area contributed by atoms with E-state index in [4.69, 9.17) is 5.11 Å². The van der Waals surface area contributed by atoms with Crippen LogP contribution >= 0.6 is 11.3 Å². The number of carbonyl (C=O) groups is 2. The summed E-state index contributed by atoms with van der Waals surface area (Å²) in [5, 5.41) is 9.69. The van der Waals surface area contributed by atoms with Gasteiger partial charge in [0.15, 0.2) is 5.13 Å². The topological polar surface area (TPSA) is 70.5 Å². The zero-order valence-electron chi connectivity index (χ0n) is 12.2. The Morgan fingerprint density at radius 2 is 2.14 bits per heavy atom. The van der Waals surface area contributed by atoms with Crippen LogP contribution in [0.15, 0.2) is 30.3 Å². The summed E-state index contributed by atoms with van der Waals surface area (Å²) in [6.07, 6.45) is 0.878. The predicted octanol–water partition coefficient (Wildman–Crippen LogP) is 2.81. The lowest BCUT2D eigenvalue weighted by molar-refractivity contribution is -0.141. The summed E-state index contributed by atoms with van der Waals surface area (Å²) in [5.74, 6) is -1.73. The Kier molecular flexibility index (Phi) is 3.94. The van der Waals surface area contributed by atoms with E-state index < -0.39 is 11.9 Å². The van der Waals surface area contributed by atoms with Crippen molar-refractivity contribution in [2.45, 2.75) is 19.8 Å². The molecule has 1 aromatic heterocycles. The van der Waals surface area contributed by atoms with Gasteiger partial charge < -0.3 is 5.11 Å². The minimum Gasteiger partial charge on any atom is -0.481 e. The minimum atomic E-state index is -0.925. The highest BCUT2D eigenvalue weighted by molar-refractivity contribution is 7.16. The van der Waals surface area contributed by atoms with Gasteiger partial charge in [0, 0.05) is 23.4 Å². The van der Waals surface area contributed by atoms with Gasteiger partial charge in [0.2, 0.25) is 5.91 Å². The van der Waals surface area contributed by atoms with Gasteiger partial charge in [0.05, 0.1) is 11.6 Å². The molecule has 1 aromatic carbocycles. The fourth-order valence-corrected chi connectivity index (χ4v) is 3.62. The number of benzene rings is 1. The molecule has 1 aliphatic rings. The lowest BCUT2D eigenvalue weighted by atomic mass is 10.1. The van der Waals surface area contributed by atoms with E-state index in [0.29, 0.717) is 5.13 Å². The first kappa shape index (κ1) is 14.7. The maximum Gasteiger partial charge on any atom is 0.308 e. The van der Waals surface area contributed by atoms with Gasteiger partial charge in [-0.2, -0.15) is 0 Å². The van der Waals surface area contributed by atoms with Gasteiger partial charge in [-0.3, -0.25) is 14.5 Å². The molecular weight excluding hydrogens is 300 g/mol. The Morgan fingerprint density at radius 1 is 1.41 bits per heavy atom. The molecule has 0 bridgehead atoms. The molecule has 1 amide bonds. The van der Waals surface area contributed by atoms with Crippen LogP contribution in [-0.4, -0.2) is 28.5 Å². The Morgan fingerprint density at radius 3 is 2.73 bits per heavy atom. The first-order valence-corrected chi connectivity index (χ1v) is 8.00. The van der Waals surface area contributed by atoms with Crippen molar-refractivity contribution in [3.8, 4) is 11.3 Å². The molecule has 1 aliphatic heterocycles. The first-order chi connectivity index (χ1) is 10.6. The SMILES string of the molecule is CCc1sc(N2C[C@@H](C(=O)O)CC2=O)nc1-c1ccccc1. The Labute approximate surface area is 132 Å². The third-order valence-electron chi connectivity index (χ3n) is 3.76. The maximum atomic E-state index is 12.1. The number of nitrogens with zero attached hydrogens (tertiary/aromatic N) is 2. The summed E-state index contributed by atoms with van der Waals surface area (Å²) in [7, 11) is 0. The molecule has 0 spiro atoms. The molecule has 1 saturated heterocycles. The van der Waals surface area contributed by atoms with Crippen molar-refractivity contribution in [2.75, 3.05) is 11.4 Å². The van der Waals surface area contributed by atoms with E-state index >= 15 is 0 Å². The Balaban J connectivity index is 1.95. The molecule has 2 heterocycles. The van der Waals surface area contributed by atoms with E-state index in [1.807, 2.05) is 30.3 Å². The third kappa shape index (κ3) is 2.62. The molecule has 1 N–H and O–H groups in total. The number of aliphatic carboxylic acids is 1. The molecule has 0 aliphatic carbocycles. The van der Waals surface area contributed by atoms with Crippen molar-refractivity contribution >= 4 is 28.3 Å². The van der Waals surface area contributed by atoms with E-state index in [0.717, 1.165) is 22.6 Å². The zero-order valence-corrected chi connectivity index (χ0v) is 13.0. The van der Waals surface area contributed by atoms with Crippen molar-refractivity contribution in [3.63, 3.8) is 0 Å². The van der Waals surface area contributed by atoms with Gasteiger partial charge in [0.1, 0.15) is 0 Å². The number of thiazole rings is 1. The number of carbonyl (C=O) groups excluding carboxylic acids is 1. The average molecular weight is 316 g/mol. The standard InChI is InChI=1S/C16H16N2O3S/c1-2-12-14(10-6-4-3-5-7-10)17-16(22-12)18-9-11(15(20)21)8-13(18)19/h3-7,11H,2,8-9H2,1H3,(H,20,21)/t11-/m0/s1. The fraction of sp³-hybridized carbons (Fsp3) is 0.312. The number of anilines is 1. The van der Waals surface area contributed by atoms with E-state index in [1.54, 1.807) is 0 Å². The quantitative estimate of drug-likeness (QED) is 0.941. The summed E-state index contributed by atoms with van der Waals surface area (Å²) in [5.41, 5.74) is 1.90. The van der Waals surface area contributed by atoms with Crippen molar-refractivity contribution < 1.29 is 14.7 Å². The number of hydrogen-bond donors (Lipinski definition) is 1. The molecule has 0 unspecified atom stereocenters. The summed E-state index contributed by atoms with van der Waals surface area (Å²) in [6.45, 7) is 2.26. The minimum absolute atomic E-state index is 0.0526. The highest BCUT2D eigenvalue weighted by atomic mass is 32.1. The van der Waals surface area contributed by atoms with E-state index in [9.17, 15) is 9.59 Å². The van der Waals surface area contributed by atoms with Crippen molar-refractivity contribution in [2.24, 2.45) is 5.92 Å². The van der Waals surface area contributed by atoms with E-state index in [-0.39, 0.29) is 18.9 Å². The maximum absolute atomic E-state index is 12.1. The van der Waals surface area contributed by atoms with Crippen LogP contribution in [0.4, 0.5) is 5.13 Å². The lowest BCUT2D eigenvalue weighted by Gasteiger charge is -2.11. The number of aromatic nitrogens is 1. The first-order valence-electron chi connectivity index (χ1n) is 7.18. The van der Waals surface area contributed by atoms with Gasteiger partial charge in [-0.05, 0) is 6.42 Å².